The highest BCUT2D eigenvalue weighted by atomic mass is 16.1. The van der Waals surface area contributed by atoms with E-state index >= 15 is 0 Å². The lowest BCUT2D eigenvalue weighted by Gasteiger charge is -2.24. The number of benzene rings is 1. The molecule has 1 amide bonds. The molecule has 2 N–H and O–H groups in total. The number of nitrogens with zero attached hydrogens (tertiary/aromatic N) is 4. The van der Waals surface area contributed by atoms with Gasteiger partial charge in [0.1, 0.15) is 6.33 Å². The number of piperidine rings is 1. The minimum absolute atomic E-state index is 0.0806. The number of carbonyl (C=O) groups excluding carboxylic acids is 1. The quantitative estimate of drug-likeness (QED) is 0.830. The third-order valence-electron chi connectivity index (χ3n) is 3.42. The molecule has 1 aliphatic rings. The second-order valence-electron chi connectivity index (χ2n) is 4.77. The summed E-state index contributed by atoms with van der Waals surface area (Å²) in [4.78, 5) is 12.4. The van der Waals surface area contributed by atoms with Crippen molar-refractivity contribution in [2.45, 2.75) is 18.9 Å². The number of aromatic nitrogens is 4. The minimum Gasteiger partial charge on any atom is -0.349 e. The highest BCUT2D eigenvalue weighted by Crippen LogP contribution is 2.13. The van der Waals surface area contributed by atoms with Crippen LogP contribution in [0.5, 0.6) is 0 Å². The summed E-state index contributed by atoms with van der Waals surface area (Å²) in [6.45, 7) is 1.89. The van der Waals surface area contributed by atoms with Gasteiger partial charge in [-0.15, -0.1) is 5.10 Å². The summed E-state index contributed by atoms with van der Waals surface area (Å²) in [5.74, 6) is -0.0806. The van der Waals surface area contributed by atoms with Gasteiger partial charge in [0.15, 0.2) is 0 Å². The maximum absolute atomic E-state index is 12.4. The largest absolute Gasteiger partial charge is 0.349 e. The molecule has 0 aliphatic carbocycles. The van der Waals surface area contributed by atoms with Crippen LogP contribution in [0.2, 0.25) is 0 Å². The molecule has 104 valence electrons. The monoisotopic (exact) mass is 272 g/mol. The second-order valence-corrected chi connectivity index (χ2v) is 4.77. The van der Waals surface area contributed by atoms with Crippen LogP contribution in [0.25, 0.3) is 5.69 Å². The van der Waals surface area contributed by atoms with Gasteiger partial charge in [-0.05, 0) is 48.5 Å². The van der Waals surface area contributed by atoms with Gasteiger partial charge in [-0.25, -0.2) is 0 Å². The molecule has 1 aromatic heterocycles. The zero-order valence-corrected chi connectivity index (χ0v) is 11.0. The number of nitrogens with one attached hydrogen (secondary N) is 2. The van der Waals surface area contributed by atoms with Crippen molar-refractivity contribution in [3.63, 3.8) is 0 Å². The van der Waals surface area contributed by atoms with E-state index in [4.69, 9.17) is 0 Å². The standard InChI is InChI=1S/C13H16N6O/c20-13(16-10-5-7-14-8-6-10)11-3-1-2-4-12(11)19-9-15-17-18-19/h1-4,9-10,14H,5-8H2,(H,16,20). The van der Waals surface area contributed by atoms with Crippen molar-refractivity contribution < 1.29 is 4.79 Å². The molecule has 1 aliphatic heterocycles. The molecule has 2 heterocycles. The number of tetrazole rings is 1. The molecule has 2 aromatic rings. The smallest absolute Gasteiger partial charge is 0.253 e. The Hall–Kier alpha value is -2.28. The van der Waals surface area contributed by atoms with E-state index < -0.39 is 0 Å². The van der Waals surface area contributed by atoms with Crippen molar-refractivity contribution in [3.8, 4) is 5.69 Å². The third-order valence-corrected chi connectivity index (χ3v) is 3.42. The summed E-state index contributed by atoms with van der Waals surface area (Å²) >= 11 is 0. The molecule has 0 atom stereocenters. The zero-order valence-electron chi connectivity index (χ0n) is 11.0. The van der Waals surface area contributed by atoms with Crippen LogP contribution in [0.3, 0.4) is 0 Å². The van der Waals surface area contributed by atoms with Crippen molar-refractivity contribution in [1.82, 2.24) is 30.8 Å². The Kier molecular flexibility index (Phi) is 3.69. The van der Waals surface area contributed by atoms with Gasteiger partial charge in [-0.1, -0.05) is 12.1 Å². The van der Waals surface area contributed by atoms with E-state index in [1.807, 2.05) is 18.2 Å². The van der Waals surface area contributed by atoms with E-state index in [1.165, 1.54) is 11.0 Å². The summed E-state index contributed by atoms with van der Waals surface area (Å²) in [5, 5.41) is 17.4. The average Bonchev–Trinajstić information content (AvgIpc) is 3.02. The Balaban J connectivity index is 1.81. The van der Waals surface area contributed by atoms with Crippen molar-refractivity contribution in [2.75, 3.05) is 13.1 Å². The van der Waals surface area contributed by atoms with Gasteiger partial charge in [0.25, 0.3) is 5.91 Å². The molecule has 7 heteroatoms. The summed E-state index contributed by atoms with van der Waals surface area (Å²) in [6, 6.07) is 7.54. The topological polar surface area (TPSA) is 84.7 Å². The van der Waals surface area contributed by atoms with Crippen LogP contribution in [-0.2, 0) is 0 Å². The van der Waals surface area contributed by atoms with Gasteiger partial charge in [0, 0.05) is 6.04 Å². The first-order valence-electron chi connectivity index (χ1n) is 6.68. The van der Waals surface area contributed by atoms with Crippen LogP contribution < -0.4 is 10.6 Å². The SMILES string of the molecule is O=C(NC1CCNCC1)c1ccccc1-n1cnnn1. The molecule has 7 nitrogen and oxygen atoms in total. The average molecular weight is 272 g/mol. The van der Waals surface area contributed by atoms with Gasteiger partial charge in [-0.3, -0.25) is 4.79 Å². The lowest BCUT2D eigenvalue weighted by Crippen LogP contribution is -2.42. The molecule has 20 heavy (non-hydrogen) atoms. The maximum Gasteiger partial charge on any atom is 0.253 e. The van der Waals surface area contributed by atoms with Gasteiger partial charge < -0.3 is 10.6 Å². The summed E-state index contributed by atoms with van der Waals surface area (Å²) in [6.07, 6.45) is 3.40. The fourth-order valence-electron chi connectivity index (χ4n) is 2.37. The molecular formula is C13H16N6O. The molecule has 1 aromatic carbocycles. The maximum atomic E-state index is 12.4. The fraction of sp³-hybridized carbons (Fsp3) is 0.385. The lowest BCUT2D eigenvalue weighted by molar-refractivity contribution is 0.0929. The minimum atomic E-state index is -0.0806. The highest BCUT2D eigenvalue weighted by molar-refractivity contribution is 5.97. The van der Waals surface area contributed by atoms with E-state index in [0.29, 0.717) is 11.3 Å². The van der Waals surface area contributed by atoms with Gasteiger partial charge >= 0.3 is 0 Å². The summed E-state index contributed by atoms with van der Waals surface area (Å²) in [5.41, 5.74) is 1.27. The number of amides is 1. The lowest BCUT2D eigenvalue weighted by atomic mass is 10.1. The second kappa shape index (κ2) is 5.79. The molecule has 0 saturated carbocycles. The van der Waals surface area contributed by atoms with E-state index in [2.05, 4.69) is 26.2 Å². The van der Waals surface area contributed by atoms with Crippen molar-refractivity contribution in [1.29, 1.82) is 0 Å². The Bertz CT molecular complexity index is 576. The van der Waals surface area contributed by atoms with E-state index in [1.54, 1.807) is 6.07 Å². The number of hydrogen-bond acceptors (Lipinski definition) is 5. The zero-order chi connectivity index (χ0) is 13.8. The predicted octanol–water partition coefficient (Wildman–Crippen LogP) is 0.144. The Morgan fingerprint density at radius 2 is 2.10 bits per heavy atom. The molecular weight excluding hydrogens is 256 g/mol. The molecule has 0 unspecified atom stereocenters. The Morgan fingerprint density at radius 3 is 2.85 bits per heavy atom. The third kappa shape index (κ3) is 2.67. The number of para-hydroxylation sites is 1. The summed E-state index contributed by atoms with van der Waals surface area (Å²) < 4.78 is 1.50. The van der Waals surface area contributed by atoms with Crippen LogP contribution in [0.4, 0.5) is 0 Å². The molecule has 0 spiro atoms. The molecule has 0 bridgehead atoms. The van der Waals surface area contributed by atoms with Gasteiger partial charge in [0.05, 0.1) is 11.3 Å². The Morgan fingerprint density at radius 1 is 1.30 bits per heavy atom. The molecule has 1 fully saturated rings. The van der Waals surface area contributed by atoms with E-state index in [0.717, 1.165) is 25.9 Å². The first-order valence-corrected chi connectivity index (χ1v) is 6.68. The number of carbonyl (C=O) groups is 1. The van der Waals surface area contributed by atoms with Crippen LogP contribution in [0, 0.1) is 0 Å². The first kappa shape index (κ1) is 12.7. The molecule has 0 radical (unpaired) electrons. The predicted molar refractivity (Wildman–Crippen MR) is 72.5 cm³/mol. The Labute approximate surface area is 116 Å². The van der Waals surface area contributed by atoms with Crippen LogP contribution in [0.1, 0.15) is 23.2 Å². The van der Waals surface area contributed by atoms with E-state index in [-0.39, 0.29) is 11.9 Å². The van der Waals surface area contributed by atoms with Crippen molar-refractivity contribution >= 4 is 5.91 Å². The summed E-state index contributed by atoms with van der Waals surface area (Å²) in [7, 11) is 0. The van der Waals surface area contributed by atoms with Crippen molar-refractivity contribution in [3.05, 3.63) is 36.2 Å². The highest BCUT2D eigenvalue weighted by Gasteiger charge is 2.19. The van der Waals surface area contributed by atoms with Gasteiger partial charge in [0.2, 0.25) is 0 Å². The fourth-order valence-corrected chi connectivity index (χ4v) is 2.37. The van der Waals surface area contributed by atoms with Crippen LogP contribution in [0.15, 0.2) is 30.6 Å². The van der Waals surface area contributed by atoms with Crippen molar-refractivity contribution in [2.24, 2.45) is 0 Å². The number of rotatable bonds is 3. The van der Waals surface area contributed by atoms with Crippen LogP contribution in [-0.4, -0.2) is 45.2 Å². The van der Waals surface area contributed by atoms with Crippen LogP contribution >= 0.6 is 0 Å². The number of hydrogen-bond donors (Lipinski definition) is 2. The molecule has 3 rings (SSSR count). The normalized spacial score (nSPS) is 16.0. The molecule has 1 saturated heterocycles. The van der Waals surface area contributed by atoms with Gasteiger partial charge in [-0.2, -0.15) is 4.68 Å². The first-order chi connectivity index (χ1) is 9.84. The van der Waals surface area contributed by atoms with E-state index in [9.17, 15) is 4.79 Å².